The number of rotatable bonds is 3. The molecule has 0 saturated carbocycles. The summed E-state index contributed by atoms with van der Waals surface area (Å²) in [5.41, 5.74) is 4.44. The van der Waals surface area contributed by atoms with E-state index < -0.39 is 5.41 Å². The number of nitrogens with one attached hydrogen (secondary N) is 1. The van der Waals surface area contributed by atoms with E-state index >= 15 is 0 Å². The molecule has 0 aliphatic heterocycles. The number of hydrogen-bond donors (Lipinski definition) is 1. The minimum Gasteiger partial charge on any atom is -0.177 e. The largest absolute Gasteiger partial charge is 0.189 e. The van der Waals surface area contributed by atoms with Crippen LogP contribution in [-0.2, 0) is 18.3 Å². The topological polar surface area (TPSA) is 54.5 Å². The van der Waals surface area contributed by atoms with Crippen LogP contribution in [0.2, 0.25) is 10.0 Å². The summed E-state index contributed by atoms with van der Waals surface area (Å²) in [4.78, 5) is 0. The second-order valence-electron chi connectivity index (χ2n) is 6.49. The molecule has 0 atom stereocenters. The Hall–Kier alpha value is -1.91. The fourth-order valence-corrected chi connectivity index (χ4v) is 4.51. The van der Waals surface area contributed by atoms with E-state index in [1.165, 1.54) is 22.3 Å². The Bertz CT molecular complexity index is 852. The van der Waals surface area contributed by atoms with Crippen LogP contribution in [0.15, 0.2) is 36.4 Å². The molecule has 1 aliphatic carbocycles. The number of H-pyrrole nitrogens is 1. The van der Waals surface area contributed by atoms with Gasteiger partial charge < -0.3 is 0 Å². The highest BCUT2D eigenvalue weighted by Crippen LogP contribution is 2.47. The molecule has 25 heavy (non-hydrogen) atoms. The van der Waals surface area contributed by atoms with Crippen LogP contribution < -0.4 is 0 Å². The van der Waals surface area contributed by atoms with Crippen LogP contribution >= 0.6 is 23.2 Å². The molecule has 0 amide bonds. The number of aryl methyl sites for hydroxylation is 2. The van der Waals surface area contributed by atoms with Crippen molar-refractivity contribution in [1.82, 2.24) is 20.6 Å². The molecule has 0 unspecified atom stereocenters. The van der Waals surface area contributed by atoms with Crippen LogP contribution in [0.1, 0.15) is 47.8 Å². The third-order valence-electron chi connectivity index (χ3n) is 5.07. The van der Waals surface area contributed by atoms with E-state index in [1.807, 2.05) is 12.1 Å². The average Bonchev–Trinajstić information content (AvgIpc) is 3.10. The van der Waals surface area contributed by atoms with Gasteiger partial charge in [0.25, 0.3) is 0 Å². The molecule has 1 aliphatic rings. The molecule has 0 radical (unpaired) electrons. The summed E-state index contributed by atoms with van der Waals surface area (Å²) in [6.07, 6.45) is 3.69. The van der Waals surface area contributed by atoms with E-state index in [2.05, 4.69) is 51.8 Å². The van der Waals surface area contributed by atoms with Gasteiger partial charge in [0.1, 0.15) is 0 Å². The maximum atomic E-state index is 6.29. The molecule has 128 valence electrons. The lowest BCUT2D eigenvalue weighted by Gasteiger charge is -2.33. The molecule has 6 heteroatoms. The Kier molecular flexibility index (Phi) is 4.26. The third-order valence-corrected chi connectivity index (χ3v) is 5.54. The van der Waals surface area contributed by atoms with Gasteiger partial charge >= 0.3 is 0 Å². The number of halogens is 2. The van der Waals surface area contributed by atoms with E-state index in [-0.39, 0.29) is 0 Å². The number of aromatic nitrogens is 4. The Morgan fingerprint density at radius 1 is 1.00 bits per heavy atom. The fraction of sp³-hybridized carbons (Fsp3) is 0.316. The summed E-state index contributed by atoms with van der Waals surface area (Å²) < 4.78 is 0. The standard InChI is InChI=1S/C19H18Cl2N4/c1-2-9-19(18-22-24-25-23-18)16-7-5-14(20)10-12(16)3-4-13-11-15(21)6-8-17(13)19/h5-8,10-11H,2-4,9H2,1H3,(H,22,23,24,25). The Morgan fingerprint density at radius 3 is 2.08 bits per heavy atom. The van der Waals surface area contributed by atoms with E-state index in [1.54, 1.807) is 0 Å². The molecule has 0 saturated heterocycles. The first kappa shape index (κ1) is 16.6. The molecule has 1 heterocycles. The predicted octanol–water partition coefficient (Wildman–Crippen LogP) is 4.74. The van der Waals surface area contributed by atoms with Crippen molar-refractivity contribution < 1.29 is 0 Å². The lowest BCUT2D eigenvalue weighted by atomic mass is 9.69. The van der Waals surface area contributed by atoms with Gasteiger partial charge in [-0.3, -0.25) is 0 Å². The van der Waals surface area contributed by atoms with Crippen LogP contribution in [0.4, 0.5) is 0 Å². The molecule has 0 bridgehead atoms. The van der Waals surface area contributed by atoms with Gasteiger partial charge in [0.15, 0.2) is 5.82 Å². The summed E-state index contributed by atoms with van der Waals surface area (Å²) in [6, 6.07) is 12.3. The fourth-order valence-electron chi connectivity index (χ4n) is 4.13. The zero-order valence-corrected chi connectivity index (χ0v) is 15.4. The Balaban J connectivity index is 2.09. The molecule has 4 rings (SSSR count). The molecular weight excluding hydrogens is 355 g/mol. The smallest absolute Gasteiger partial charge is 0.177 e. The van der Waals surface area contributed by atoms with E-state index in [0.717, 1.165) is 35.7 Å². The molecule has 1 N–H and O–H groups in total. The van der Waals surface area contributed by atoms with Crippen LogP contribution in [0.3, 0.4) is 0 Å². The quantitative estimate of drug-likeness (QED) is 0.722. The summed E-state index contributed by atoms with van der Waals surface area (Å²) in [5, 5.41) is 16.8. The van der Waals surface area contributed by atoms with Gasteiger partial charge in [0.2, 0.25) is 0 Å². The van der Waals surface area contributed by atoms with Crippen molar-refractivity contribution in [3.63, 3.8) is 0 Å². The van der Waals surface area contributed by atoms with Gasteiger partial charge in [-0.1, -0.05) is 53.9 Å². The number of fused-ring (bicyclic) bond motifs is 2. The van der Waals surface area contributed by atoms with Crippen molar-refractivity contribution in [3.05, 3.63) is 74.5 Å². The second kappa shape index (κ2) is 6.43. The molecule has 4 nitrogen and oxygen atoms in total. The first-order chi connectivity index (χ1) is 12.1. The number of hydrogen-bond acceptors (Lipinski definition) is 3. The van der Waals surface area contributed by atoms with Crippen molar-refractivity contribution in [2.45, 2.75) is 38.0 Å². The van der Waals surface area contributed by atoms with E-state index in [0.29, 0.717) is 5.82 Å². The van der Waals surface area contributed by atoms with Crippen molar-refractivity contribution in [1.29, 1.82) is 0 Å². The number of aromatic amines is 1. The normalized spacial score (nSPS) is 15.3. The van der Waals surface area contributed by atoms with E-state index in [4.69, 9.17) is 23.2 Å². The molecule has 3 aromatic rings. The van der Waals surface area contributed by atoms with Gasteiger partial charge in [0.05, 0.1) is 5.41 Å². The van der Waals surface area contributed by atoms with Gasteiger partial charge in [-0.05, 0) is 65.8 Å². The monoisotopic (exact) mass is 372 g/mol. The second-order valence-corrected chi connectivity index (χ2v) is 7.37. The highest BCUT2D eigenvalue weighted by molar-refractivity contribution is 6.31. The third kappa shape index (κ3) is 2.64. The molecule has 0 fully saturated rings. The first-order valence-corrected chi connectivity index (χ1v) is 9.22. The summed E-state index contributed by atoms with van der Waals surface area (Å²) in [7, 11) is 0. The van der Waals surface area contributed by atoms with Gasteiger partial charge in [-0.25, -0.2) is 0 Å². The van der Waals surface area contributed by atoms with Crippen LogP contribution in [0, 0.1) is 0 Å². The van der Waals surface area contributed by atoms with Crippen molar-refractivity contribution >= 4 is 23.2 Å². The summed E-state index contributed by atoms with van der Waals surface area (Å²) in [5.74, 6) is 0.698. The number of tetrazole rings is 1. The zero-order chi connectivity index (χ0) is 17.4. The summed E-state index contributed by atoms with van der Waals surface area (Å²) >= 11 is 12.6. The summed E-state index contributed by atoms with van der Waals surface area (Å²) in [6.45, 7) is 2.18. The highest BCUT2D eigenvalue weighted by atomic mass is 35.5. The molecule has 2 aromatic carbocycles. The van der Waals surface area contributed by atoms with Gasteiger partial charge in [-0.15, -0.1) is 10.2 Å². The molecular formula is C19H18Cl2N4. The van der Waals surface area contributed by atoms with Crippen LogP contribution in [0.5, 0.6) is 0 Å². The molecule has 0 spiro atoms. The number of nitrogens with zero attached hydrogens (tertiary/aromatic N) is 3. The van der Waals surface area contributed by atoms with Gasteiger partial charge in [-0.2, -0.15) is 5.21 Å². The van der Waals surface area contributed by atoms with Crippen molar-refractivity contribution in [3.8, 4) is 0 Å². The van der Waals surface area contributed by atoms with Crippen molar-refractivity contribution in [2.24, 2.45) is 0 Å². The zero-order valence-electron chi connectivity index (χ0n) is 13.9. The maximum absolute atomic E-state index is 6.29. The first-order valence-electron chi connectivity index (χ1n) is 8.47. The van der Waals surface area contributed by atoms with Crippen molar-refractivity contribution in [2.75, 3.05) is 0 Å². The SMILES string of the molecule is CCCC1(c2nn[nH]n2)c2ccc(Cl)cc2CCc2cc(Cl)ccc21. The Morgan fingerprint density at radius 2 is 1.60 bits per heavy atom. The minimum absolute atomic E-state index is 0.446. The van der Waals surface area contributed by atoms with E-state index in [9.17, 15) is 0 Å². The number of benzene rings is 2. The lowest BCUT2D eigenvalue weighted by Crippen LogP contribution is -2.32. The molecule has 1 aromatic heterocycles. The van der Waals surface area contributed by atoms with Crippen LogP contribution in [0.25, 0.3) is 0 Å². The average molecular weight is 373 g/mol. The minimum atomic E-state index is -0.446. The van der Waals surface area contributed by atoms with Crippen LogP contribution in [-0.4, -0.2) is 20.6 Å². The highest BCUT2D eigenvalue weighted by Gasteiger charge is 2.43. The predicted molar refractivity (Wildman–Crippen MR) is 99.3 cm³/mol. The maximum Gasteiger partial charge on any atom is 0.189 e. The Labute approximate surface area is 156 Å². The lowest BCUT2D eigenvalue weighted by molar-refractivity contribution is 0.516. The van der Waals surface area contributed by atoms with Gasteiger partial charge in [0, 0.05) is 10.0 Å².